The maximum absolute atomic E-state index is 4.35. The Morgan fingerprint density at radius 1 is 1.53 bits per heavy atom. The van der Waals surface area contributed by atoms with E-state index in [1.54, 1.807) is 0 Å². The highest BCUT2D eigenvalue weighted by atomic mass is 79.9. The predicted octanol–water partition coefficient (Wildman–Crippen LogP) is 2.88. The maximum Gasteiger partial charge on any atom is 0.0695 e. The van der Waals surface area contributed by atoms with Crippen LogP contribution < -0.4 is 5.32 Å². The van der Waals surface area contributed by atoms with Gasteiger partial charge < -0.3 is 5.32 Å². The first-order valence-electron chi connectivity index (χ1n) is 6.64. The molecule has 0 amide bonds. The Morgan fingerprint density at radius 3 is 2.76 bits per heavy atom. The molecule has 3 nitrogen and oxygen atoms in total. The van der Waals surface area contributed by atoms with Gasteiger partial charge >= 0.3 is 0 Å². The SMILES string of the molecule is CCNC(c1c(Br)cnn1C)C1C2CCCC21. The minimum Gasteiger partial charge on any atom is -0.309 e. The van der Waals surface area contributed by atoms with Crippen molar-refractivity contribution in [3.8, 4) is 0 Å². The molecule has 2 aliphatic carbocycles. The number of hydrogen-bond acceptors (Lipinski definition) is 2. The van der Waals surface area contributed by atoms with Crippen LogP contribution in [-0.2, 0) is 7.05 Å². The lowest BCUT2D eigenvalue weighted by molar-refractivity contribution is 0.403. The first-order valence-corrected chi connectivity index (χ1v) is 7.44. The van der Waals surface area contributed by atoms with Crippen LogP contribution in [0, 0.1) is 17.8 Å². The molecule has 4 heteroatoms. The Bertz CT molecular complexity index is 385. The molecule has 1 aromatic rings. The van der Waals surface area contributed by atoms with E-state index in [9.17, 15) is 0 Å². The average molecular weight is 298 g/mol. The fourth-order valence-electron chi connectivity index (χ4n) is 3.78. The lowest BCUT2D eigenvalue weighted by Crippen LogP contribution is -2.26. The summed E-state index contributed by atoms with van der Waals surface area (Å²) in [5.74, 6) is 2.79. The third kappa shape index (κ3) is 1.85. The van der Waals surface area contributed by atoms with E-state index in [-0.39, 0.29) is 0 Å². The van der Waals surface area contributed by atoms with Gasteiger partial charge in [-0.25, -0.2) is 0 Å². The van der Waals surface area contributed by atoms with Crippen LogP contribution in [0.25, 0.3) is 0 Å². The lowest BCUT2D eigenvalue weighted by Gasteiger charge is -2.20. The average Bonchev–Trinajstić information content (AvgIpc) is 2.65. The van der Waals surface area contributed by atoms with E-state index in [1.807, 2.05) is 17.9 Å². The Balaban J connectivity index is 1.86. The maximum atomic E-state index is 4.35. The van der Waals surface area contributed by atoms with Crippen LogP contribution in [0.15, 0.2) is 10.7 Å². The number of aryl methyl sites for hydroxylation is 1. The molecular formula is C13H20BrN3. The number of aromatic nitrogens is 2. The molecule has 2 saturated carbocycles. The van der Waals surface area contributed by atoms with Gasteiger partial charge in [-0.2, -0.15) is 5.10 Å². The third-order valence-corrected chi connectivity index (χ3v) is 5.12. The minimum absolute atomic E-state index is 0.483. The van der Waals surface area contributed by atoms with E-state index in [4.69, 9.17) is 0 Å². The molecular weight excluding hydrogens is 278 g/mol. The number of rotatable bonds is 4. The molecule has 94 valence electrons. The van der Waals surface area contributed by atoms with Gasteiger partial charge in [0.2, 0.25) is 0 Å². The first-order chi connectivity index (χ1) is 8.24. The summed E-state index contributed by atoms with van der Waals surface area (Å²) in [4.78, 5) is 0. The van der Waals surface area contributed by atoms with E-state index in [0.29, 0.717) is 6.04 Å². The van der Waals surface area contributed by atoms with Gasteiger partial charge in [0, 0.05) is 7.05 Å². The van der Waals surface area contributed by atoms with Crippen LogP contribution in [-0.4, -0.2) is 16.3 Å². The molecule has 2 aliphatic rings. The number of hydrogen-bond donors (Lipinski definition) is 1. The molecule has 0 bridgehead atoms. The number of nitrogens with one attached hydrogen (secondary N) is 1. The summed E-state index contributed by atoms with van der Waals surface area (Å²) in [5, 5.41) is 8.02. The summed E-state index contributed by atoms with van der Waals surface area (Å²) in [7, 11) is 2.04. The van der Waals surface area contributed by atoms with Crippen molar-refractivity contribution in [3.63, 3.8) is 0 Å². The molecule has 1 aromatic heterocycles. The molecule has 1 heterocycles. The molecule has 1 N–H and O–H groups in total. The second-order valence-electron chi connectivity index (χ2n) is 5.37. The van der Waals surface area contributed by atoms with Gasteiger partial charge in [0.05, 0.1) is 22.4 Å². The van der Waals surface area contributed by atoms with Crippen molar-refractivity contribution in [2.24, 2.45) is 24.8 Å². The quantitative estimate of drug-likeness (QED) is 0.926. The summed E-state index contributed by atoms with van der Waals surface area (Å²) < 4.78 is 3.17. The van der Waals surface area contributed by atoms with E-state index in [2.05, 4.69) is 33.3 Å². The highest BCUT2D eigenvalue weighted by molar-refractivity contribution is 9.10. The highest BCUT2D eigenvalue weighted by Crippen LogP contribution is 2.62. The minimum atomic E-state index is 0.483. The second kappa shape index (κ2) is 4.39. The van der Waals surface area contributed by atoms with Crippen LogP contribution >= 0.6 is 15.9 Å². The monoisotopic (exact) mass is 297 g/mol. The van der Waals surface area contributed by atoms with Crippen molar-refractivity contribution in [3.05, 3.63) is 16.4 Å². The Labute approximate surface area is 111 Å². The van der Waals surface area contributed by atoms with E-state index in [0.717, 1.165) is 28.8 Å². The van der Waals surface area contributed by atoms with Gasteiger partial charge in [-0.1, -0.05) is 13.3 Å². The van der Waals surface area contributed by atoms with Crippen LogP contribution in [0.3, 0.4) is 0 Å². The molecule has 3 unspecified atom stereocenters. The zero-order valence-electron chi connectivity index (χ0n) is 10.5. The van der Waals surface area contributed by atoms with Crippen LogP contribution in [0.1, 0.15) is 37.9 Å². The van der Waals surface area contributed by atoms with Crippen molar-refractivity contribution < 1.29 is 0 Å². The molecule has 0 radical (unpaired) electrons. The van der Waals surface area contributed by atoms with Gasteiger partial charge in [-0.05, 0) is 53.1 Å². The van der Waals surface area contributed by atoms with Gasteiger partial charge in [-0.15, -0.1) is 0 Å². The van der Waals surface area contributed by atoms with Crippen molar-refractivity contribution in [1.29, 1.82) is 0 Å². The van der Waals surface area contributed by atoms with Gasteiger partial charge in [0.1, 0.15) is 0 Å². The van der Waals surface area contributed by atoms with Crippen LogP contribution in [0.2, 0.25) is 0 Å². The Kier molecular flexibility index (Phi) is 3.03. The van der Waals surface area contributed by atoms with E-state index >= 15 is 0 Å². The van der Waals surface area contributed by atoms with Crippen molar-refractivity contribution >= 4 is 15.9 Å². The third-order valence-electron chi connectivity index (χ3n) is 4.51. The first kappa shape index (κ1) is 11.7. The molecule has 2 fully saturated rings. The topological polar surface area (TPSA) is 29.9 Å². The van der Waals surface area contributed by atoms with Crippen molar-refractivity contribution in [2.75, 3.05) is 6.54 Å². The zero-order valence-corrected chi connectivity index (χ0v) is 12.1. The standard InChI is InChI=1S/C13H20BrN3/c1-3-15-12(11-8-5-4-6-9(8)11)13-10(14)7-16-17(13)2/h7-9,11-12,15H,3-6H2,1-2H3. The summed E-state index contributed by atoms with van der Waals surface area (Å²) in [6, 6.07) is 0.483. The van der Waals surface area contributed by atoms with Crippen molar-refractivity contribution in [1.82, 2.24) is 15.1 Å². The zero-order chi connectivity index (χ0) is 12.0. The molecule has 3 rings (SSSR count). The molecule has 3 atom stereocenters. The summed E-state index contributed by atoms with van der Waals surface area (Å²) in [6.07, 6.45) is 6.23. The number of halogens is 1. The normalized spacial score (nSPS) is 32.5. The molecule has 0 aromatic carbocycles. The van der Waals surface area contributed by atoms with Gasteiger partial charge in [0.25, 0.3) is 0 Å². The van der Waals surface area contributed by atoms with E-state index in [1.165, 1.54) is 25.0 Å². The summed E-state index contributed by atoms with van der Waals surface area (Å²) in [5.41, 5.74) is 1.33. The highest BCUT2D eigenvalue weighted by Gasteiger charge is 2.56. The van der Waals surface area contributed by atoms with E-state index < -0.39 is 0 Å². The largest absolute Gasteiger partial charge is 0.309 e. The van der Waals surface area contributed by atoms with Gasteiger partial charge in [0.15, 0.2) is 0 Å². The molecule has 0 aliphatic heterocycles. The predicted molar refractivity (Wildman–Crippen MR) is 71.6 cm³/mol. The smallest absolute Gasteiger partial charge is 0.0695 e. The summed E-state index contributed by atoms with van der Waals surface area (Å²) in [6.45, 7) is 3.22. The summed E-state index contributed by atoms with van der Waals surface area (Å²) >= 11 is 3.64. The molecule has 17 heavy (non-hydrogen) atoms. The Hall–Kier alpha value is -0.350. The van der Waals surface area contributed by atoms with Crippen LogP contribution in [0.4, 0.5) is 0 Å². The van der Waals surface area contributed by atoms with Crippen molar-refractivity contribution in [2.45, 2.75) is 32.2 Å². The second-order valence-corrected chi connectivity index (χ2v) is 6.23. The number of nitrogens with zero attached hydrogens (tertiary/aromatic N) is 2. The fraction of sp³-hybridized carbons (Fsp3) is 0.769. The molecule has 0 saturated heterocycles. The van der Waals surface area contributed by atoms with Gasteiger partial charge in [-0.3, -0.25) is 4.68 Å². The fourth-order valence-corrected chi connectivity index (χ4v) is 4.37. The lowest BCUT2D eigenvalue weighted by atomic mass is 10.0. The molecule has 0 spiro atoms. The number of fused-ring (bicyclic) bond motifs is 1. The Morgan fingerprint density at radius 2 is 2.24 bits per heavy atom. The van der Waals surface area contributed by atoms with Crippen LogP contribution in [0.5, 0.6) is 0 Å².